The second-order valence-corrected chi connectivity index (χ2v) is 6.65. The highest BCUT2D eigenvalue weighted by molar-refractivity contribution is 5.89. The molecule has 1 unspecified atom stereocenters. The van der Waals surface area contributed by atoms with E-state index in [9.17, 15) is 14.3 Å². The fraction of sp³-hybridized carbons (Fsp3) is 0.300. The molecule has 6 nitrogen and oxygen atoms in total. The summed E-state index contributed by atoms with van der Waals surface area (Å²) in [6, 6.07) is 12.4. The molecule has 1 atom stereocenters. The first-order chi connectivity index (χ1) is 13.0. The molecule has 0 radical (unpaired) electrons. The molecular weight excluding hydrogens is 347 g/mol. The predicted molar refractivity (Wildman–Crippen MR) is 99.7 cm³/mol. The summed E-state index contributed by atoms with van der Waals surface area (Å²) in [4.78, 5) is 14.4. The Morgan fingerprint density at radius 2 is 2.19 bits per heavy atom. The Balaban J connectivity index is 1.54. The van der Waals surface area contributed by atoms with E-state index >= 15 is 0 Å². The Hall–Kier alpha value is -3.11. The Labute approximate surface area is 157 Å². The van der Waals surface area contributed by atoms with Crippen LogP contribution in [0, 0.1) is 17.1 Å². The molecular formula is C20H21FN4O2. The van der Waals surface area contributed by atoms with E-state index in [2.05, 4.69) is 15.5 Å². The van der Waals surface area contributed by atoms with E-state index in [1.807, 2.05) is 18.2 Å². The Kier molecular flexibility index (Phi) is 5.89. The summed E-state index contributed by atoms with van der Waals surface area (Å²) < 4.78 is 13.9. The highest BCUT2D eigenvalue weighted by Gasteiger charge is 2.22. The predicted octanol–water partition coefficient (Wildman–Crippen LogP) is 3.19. The summed E-state index contributed by atoms with van der Waals surface area (Å²) in [5.74, 6) is -0.402. The van der Waals surface area contributed by atoms with E-state index in [4.69, 9.17) is 5.26 Å². The first-order valence-corrected chi connectivity index (χ1v) is 8.81. The minimum atomic E-state index is -0.640. The molecule has 2 amide bonds. The third-order valence-corrected chi connectivity index (χ3v) is 4.50. The van der Waals surface area contributed by atoms with E-state index in [0.29, 0.717) is 13.1 Å². The molecule has 0 aromatic heterocycles. The van der Waals surface area contributed by atoms with Crippen LogP contribution < -0.4 is 10.6 Å². The monoisotopic (exact) mass is 368 g/mol. The smallest absolute Gasteiger partial charge is 0.319 e. The largest absolute Gasteiger partial charge is 0.508 e. The van der Waals surface area contributed by atoms with Gasteiger partial charge in [0.05, 0.1) is 17.3 Å². The van der Waals surface area contributed by atoms with Gasteiger partial charge in [-0.15, -0.1) is 0 Å². The fourth-order valence-corrected chi connectivity index (χ4v) is 3.26. The first-order valence-electron chi connectivity index (χ1n) is 8.81. The van der Waals surface area contributed by atoms with Crippen LogP contribution in [0.15, 0.2) is 42.5 Å². The summed E-state index contributed by atoms with van der Waals surface area (Å²) in [5, 5.41) is 23.7. The van der Waals surface area contributed by atoms with Gasteiger partial charge in [0.1, 0.15) is 11.6 Å². The summed E-state index contributed by atoms with van der Waals surface area (Å²) >= 11 is 0. The average Bonchev–Trinajstić information content (AvgIpc) is 2.63. The quantitative estimate of drug-likeness (QED) is 0.773. The lowest BCUT2D eigenvalue weighted by Gasteiger charge is -2.33. The second-order valence-electron chi connectivity index (χ2n) is 6.65. The number of rotatable bonds is 4. The third kappa shape index (κ3) is 5.19. The first kappa shape index (κ1) is 18.7. The van der Waals surface area contributed by atoms with Crippen molar-refractivity contribution in [1.82, 2.24) is 10.2 Å². The molecule has 0 saturated carbocycles. The van der Waals surface area contributed by atoms with Crippen LogP contribution in [0.1, 0.15) is 24.0 Å². The van der Waals surface area contributed by atoms with E-state index in [0.717, 1.165) is 31.0 Å². The van der Waals surface area contributed by atoms with Crippen LogP contribution in [-0.2, 0) is 6.54 Å². The van der Waals surface area contributed by atoms with Crippen molar-refractivity contribution in [2.45, 2.75) is 25.4 Å². The van der Waals surface area contributed by atoms with Gasteiger partial charge < -0.3 is 15.7 Å². The fourth-order valence-electron chi connectivity index (χ4n) is 3.26. The van der Waals surface area contributed by atoms with Crippen molar-refractivity contribution in [3.05, 3.63) is 59.4 Å². The molecule has 140 valence electrons. The number of halogens is 1. The van der Waals surface area contributed by atoms with Gasteiger partial charge in [0.2, 0.25) is 0 Å². The number of hydrogen-bond acceptors (Lipinski definition) is 4. The number of nitriles is 1. The number of nitrogens with zero attached hydrogens (tertiary/aromatic N) is 2. The molecule has 1 aliphatic rings. The van der Waals surface area contributed by atoms with Gasteiger partial charge in [-0.05, 0) is 55.3 Å². The van der Waals surface area contributed by atoms with Gasteiger partial charge in [-0.2, -0.15) is 5.26 Å². The van der Waals surface area contributed by atoms with E-state index in [1.54, 1.807) is 12.1 Å². The van der Waals surface area contributed by atoms with Gasteiger partial charge in [-0.25, -0.2) is 9.18 Å². The third-order valence-electron chi connectivity index (χ3n) is 4.50. The molecule has 1 fully saturated rings. The van der Waals surface area contributed by atoms with Crippen molar-refractivity contribution in [2.75, 3.05) is 18.4 Å². The lowest BCUT2D eigenvalue weighted by Crippen LogP contribution is -2.48. The molecule has 7 heteroatoms. The maximum atomic E-state index is 13.9. The van der Waals surface area contributed by atoms with Crippen LogP contribution in [0.5, 0.6) is 5.75 Å². The second kappa shape index (κ2) is 8.52. The topological polar surface area (TPSA) is 88.4 Å². The molecule has 1 saturated heterocycles. The van der Waals surface area contributed by atoms with Crippen LogP contribution in [0.4, 0.5) is 14.9 Å². The molecule has 0 aliphatic carbocycles. The van der Waals surface area contributed by atoms with Gasteiger partial charge in [0.15, 0.2) is 0 Å². The van der Waals surface area contributed by atoms with Crippen molar-refractivity contribution >= 4 is 11.7 Å². The minimum absolute atomic E-state index is 0.0407. The van der Waals surface area contributed by atoms with Crippen molar-refractivity contribution in [1.29, 1.82) is 5.26 Å². The Morgan fingerprint density at radius 3 is 2.93 bits per heavy atom. The highest BCUT2D eigenvalue weighted by atomic mass is 19.1. The number of phenols is 1. The molecule has 3 N–H and O–H groups in total. The number of urea groups is 1. The maximum Gasteiger partial charge on any atom is 0.319 e. The number of likely N-dealkylation sites (tertiary alicyclic amines) is 1. The van der Waals surface area contributed by atoms with Crippen LogP contribution in [-0.4, -0.2) is 35.2 Å². The number of carbonyl (C=O) groups excluding carboxylic acids is 1. The lowest BCUT2D eigenvalue weighted by molar-refractivity contribution is 0.183. The van der Waals surface area contributed by atoms with Gasteiger partial charge in [-0.1, -0.05) is 12.1 Å². The van der Waals surface area contributed by atoms with Crippen LogP contribution in [0.3, 0.4) is 0 Å². The minimum Gasteiger partial charge on any atom is -0.508 e. The van der Waals surface area contributed by atoms with E-state index in [1.165, 1.54) is 12.1 Å². The van der Waals surface area contributed by atoms with Crippen LogP contribution in [0.2, 0.25) is 0 Å². The zero-order valence-corrected chi connectivity index (χ0v) is 14.8. The molecule has 27 heavy (non-hydrogen) atoms. The summed E-state index contributed by atoms with van der Waals surface area (Å²) in [6.07, 6.45) is 1.79. The average molecular weight is 368 g/mol. The zero-order chi connectivity index (χ0) is 19.2. The van der Waals surface area contributed by atoms with Crippen molar-refractivity contribution in [3.8, 4) is 11.8 Å². The normalized spacial score (nSPS) is 17.1. The zero-order valence-electron chi connectivity index (χ0n) is 14.8. The number of amides is 2. The number of piperidine rings is 1. The van der Waals surface area contributed by atoms with Crippen molar-refractivity contribution in [2.24, 2.45) is 0 Å². The van der Waals surface area contributed by atoms with Gasteiger partial charge in [-0.3, -0.25) is 4.90 Å². The molecule has 2 aromatic carbocycles. The van der Waals surface area contributed by atoms with E-state index < -0.39 is 11.8 Å². The summed E-state index contributed by atoms with van der Waals surface area (Å²) in [7, 11) is 0. The molecule has 1 aliphatic heterocycles. The summed E-state index contributed by atoms with van der Waals surface area (Å²) in [6.45, 7) is 2.29. The number of nitrogens with one attached hydrogen (secondary N) is 2. The molecule has 0 bridgehead atoms. The van der Waals surface area contributed by atoms with E-state index in [-0.39, 0.29) is 23.0 Å². The number of phenolic OH excluding ortho intramolecular Hbond substituents is 1. The molecule has 0 spiro atoms. The number of hydrogen-bond donors (Lipinski definition) is 3. The maximum absolute atomic E-state index is 13.9. The SMILES string of the molecule is N#Cc1ccc(NC(=O)NC2CCCN(Cc3cccc(O)c3)C2)c(F)c1. The number of carbonyl (C=O) groups is 1. The number of benzene rings is 2. The van der Waals surface area contributed by atoms with Crippen LogP contribution in [0.25, 0.3) is 0 Å². The van der Waals surface area contributed by atoms with Gasteiger partial charge >= 0.3 is 6.03 Å². The van der Waals surface area contributed by atoms with Gasteiger partial charge in [0, 0.05) is 19.1 Å². The standard InChI is InChI=1S/C20H21FN4O2/c21-18-10-14(11-22)6-7-19(18)24-20(27)23-16-4-2-8-25(13-16)12-15-3-1-5-17(26)9-15/h1,3,5-7,9-10,16,26H,2,4,8,12-13H2,(H2,23,24,27). The number of aromatic hydroxyl groups is 1. The van der Waals surface area contributed by atoms with Gasteiger partial charge in [0.25, 0.3) is 0 Å². The summed E-state index contributed by atoms with van der Waals surface area (Å²) in [5.41, 5.74) is 1.26. The highest BCUT2D eigenvalue weighted by Crippen LogP contribution is 2.18. The van der Waals surface area contributed by atoms with Crippen molar-refractivity contribution in [3.63, 3.8) is 0 Å². The molecule has 1 heterocycles. The molecule has 3 rings (SSSR count). The van der Waals surface area contributed by atoms with Crippen LogP contribution >= 0.6 is 0 Å². The Morgan fingerprint density at radius 1 is 1.33 bits per heavy atom. The lowest BCUT2D eigenvalue weighted by atomic mass is 10.0. The number of anilines is 1. The molecule has 2 aromatic rings. The van der Waals surface area contributed by atoms with Crippen molar-refractivity contribution < 1.29 is 14.3 Å². The Bertz CT molecular complexity index is 865.